The Labute approximate surface area is 139 Å². The summed E-state index contributed by atoms with van der Waals surface area (Å²) in [6.07, 6.45) is 3.52. The molecule has 1 heterocycles. The van der Waals surface area contributed by atoms with Crippen molar-refractivity contribution in [3.63, 3.8) is 0 Å². The second kappa shape index (κ2) is 6.78. The van der Waals surface area contributed by atoms with Crippen LogP contribution in [0.3, 0.4) is 0 Å². The van der Waals surface area contributed by atoms with Gasteiger partial charge in [-0.15, -0.1) is 0 Å². The van der Waals surface area contributed by atoms with Crippen LogP contribution in [0.1, 0.15) is 20.7 Å². The minimum atomic E-state index is -0.279. The lowest BCUT2D eigenvalue weighted by molar-refractivity contribution is 0.0964. The summed E-state index contributed by atoms with van der Waals surface area (Å²) in [4.78, 5) is 24.3. The molecule has 0 bridgehead atoms. The van der Waals surface area contributed by atoms with Crippen molar-refractivity contribution in [2.45, 2.75) is 0 Å². The van der Waals surface area contributed by atoms with Gasteiger partial charge in [0.2, 0.25) is 0 Å². The van der Waals surface area contributed by atoms with Crippen LogP contribution >= 0.6 is 0 Å². The lowest BCUT2D eigenvalue weighted by Gasteiger charge is -2.10. The highest BCUT2D eigenvalue weighted by molar-refractivity contribution is 6.09. The van der Waals surface area contributed by atoms with E-state index in [-0.39, 0.29) is 11.8 Å². The van der Waals surface area contributed by atoms with Crippen LogP contribution < -0.4 is 10.6 Å². The van der Waals surface area contributed by atoms with Crippen molar-refractivity contribution in [2.75, 3.05) is 12.4 Å². The molecule has 0 spiro atoms. The minimum absolute atomic E-state index is 0.250. The summed E-state index contributed by atoms with van der Waals surface area (Å²) in [7, 11) is 1.55. The second-order valence-electron chi connectivity index (χ2n) is 5.08. The van der Waals surface area contributed by atoms with Gasteiger partial charge in [0, 0.05) is 25.0 Å². The summed E-state index contributed by atoms with van der Waals surface area (Å²) in [6, 6.07) is 15.8. The molecule has 3 rings (SSSR count). The van der Waals surface area contributed by atoms with Crippen molar-refractivity contribution in [1.29, 1.82) is 0 Å². The Kier molecular flexibility index (Phi) is 4.38. The van der Waals surface area contributed by atoms with Crippen molar-refractivity contribution in [3.8, 4) is 5.69 Å². The Morgan fingerprint density at radius 3 is 2.38 bits per heavy atom. The number of amides is 2. The summed E-state index contributed by atoms with van der Waals surface area (Å²) in [5.41, 5.74) is 2.25. The van der Waals surface area contributed by atoms with Crippen LogP contribution in [0.4, 0.5) is 5.69 Å². The van der Waals surface area contributed by atoms with Gasteiger partial charge < -0.3 is 10.6 Å². The molecule has 0 atom stereocenters. The molecule has 2 aromatic carbocycles. The summed E-state index contributed by atoms with van der Waals surface area (Å²) in [5.74, 6) is -0.529. The first-order valence-corrected chi connectivity index (χ1v) is 7.41. The van der Waals surface area contributed by atoms with E-state index in [2.05, 4.69) is 15.7 Å². The average Bonchev–Trinajstić information content (AvgIpc) is 3.16. The molecule has 0 aliphatic carbocycles. The molecular formula is C18H16N4O2. The predicted octanol–water partition coefficient (Wildman–Crippen LogP) is 2.48. The number of nitrogens with zero attached hydrogens (tertiary/aromatic N) is 2. The molecule has 0 radical (unpaired) electrons. The van der Waals surface area contributed by atoms with E-state index in [0.29, 0.717) is 16.8 Å². The molecule has 0 fully saturated rings. The first-order chi connectivity index (χ1) is 11.7. The van der Waals surface area contributed by atoms with Gasteiger partial charge in [-0.3, -0.25) is 9.59 Å². The standard InChI is InChI=1S/C18H16N4O2/c1-19-18(24)15-5-2-3-6-16(15)21-17(23)13-7-9-14(10-8-13)22-12-4-11-20-22/h2-12H,1H3,(H,19,24)(H,21,23). The topological polar surface area (TPSA) is 76.0 Å². The van der Waals surface area contributed by atoms with E-state index in [1.54, 1.807) is 54.3 Å². The zero-order valence-electron chi connectivity index (χ0n) is 13.1. The maximum atomic E-state index is 12.4. The van der Waals surface area contributed by atoms with E-state index < -0.39 is 0 Å². The van der Waals surface area contributed by atoms with Crippen LogP contribution in [0.25, 0.3) is 5.69 Å². The molecule has 0 saturated heterocycles. The quantitative estimate of drug-likeness (QED) is 0.775. The first-order valence-electron chi connectivity index (χ1n) is 7.41. The molecule has 0 saturated carbocycles. The molecule has 0 aliphatic rings. The van der Waals surface area contributed by atoms with Crippen molar-refractivity contribution in [3.05, 3.63) is 78.1 Å². The van der Waals surface area contributed by atoms with Gasteiger partial charge in [0.15, 0.2) is 0 Å². The summed E-state index contributed by atoms with van der Waals surface area (Å²) in [5, 5.41) is 9.47. The van der Waals surface area contributed by atoms with Gasteiger partial charge in [0.25, 0.3) is 11.8 Å². The zero-order chi connectivity index (χ0) is 16.9. The average molecular weight is 320 g/mol. The molecule has 24 heavy (non-hydrogen) atoms. The maximum Gasteiger partial charge on any atom is 0.255 e. The largest absolute Gasteiger partial charge is 0.355 e. The number of para-hydroxylation sites is 1. The third-order valence-electron chi connectivity index (χ3n) is 3.55. The maximum absolute atomic E-state index is 12.4. The summed E-state index contributed by atoms with van der Waals surface area (Å²) < 4.78 is 1.71. The van der Waals surface area contributed by atoms with Gasteiger partial charge in [0.05, 0.1) is 16.9 Å². The fourth-order valence-electron chi connectivity index (χ4n) is 2.31. The lowest BCUT2D eigenvalue weighted by Crippen LogP contribution is -2.21. The summed E-state index contributed by atoms with van der Waals surface area (Å²) in [6.45, 7) is 0. The number of aromatic nitrogens is 2. The van der Waals surface area contributed by atoms with E-state index >= 15 is 0 Å². The number of nitrogens with one attached hydrogen (secondary N) is 2. The number of hydrogen-bond donors (Lipinski definition) is 2. The van der Waals surface area contributed by atoms with E-state index in [1.165, 1.54) is 0 Å². The highest BCUT2D eigenvalue weighted by Crippen LogP contribution is 2.17. The number of rotatable bonds is 4. The van der Waals surface area contributed by atoms with Crippen molar-refractivity contribution in [1.82, 2.24) is 15.1 Å². The van der Waals surface area contributed by atoms with Gasteiger partial charge in [-0.2, -0.15) is 5.10 Å². The molecule has 6 heteroatoms. The Hall–Kier alpha value is -3.41. The minimum Gasteiger partial charge on any atom is -0.355 e. The van der Waals surface area contributed by atoms with E-state index in [1.807, 2.05) is 24.4 Å². The first kappa shape index (κ1) is 15.5. The van der Waals surface area contributed by atoms with Gasteiger partial charge in [-0.05, 0) is 42.5 Å². The van der Waals surface area contributed by atoms with Gasteiger partial charge in [-0.1, -0.05) is 12.1 Å². The highest BCUT2D eigenvalue weighted by Gasteiger charge is 2.13. The molecular weight excluding hydrogens is 304 g/mol. The van der Waals surface area contributed by atoms with Crippen LogP contribution in [0.2, 0.25) is 0 Å². The SMILES string of the molecule is CNC(=O)c1ccccc1NC(=O)c1ccc(-n2cccn2)cc1. The molecule has 2 amide bonds. The van der Waals surface area contributed by atoms with Gasteiger partial charge in [0.1, 0.15) is 0 Å². The molecule has 0 unspecified atom stereocenters. The van der Waals surface area contributed by atoms with E-state index in [0.717, 1.165) is 5.69 Å². The monoisotopic (exact) mass is 320 g/mol. The van der Waals surface area contributed by atoms with E-state index in [9.17, 15) is 9.59 Å². The summed E-state index contributed by atoms with van der Waals surface area (Å²) >= 11 is 0. The van der Waals surface area contributed by atoms with Crippen LogP contribution in [-0.2, 0) is 0 Å². The van der Waals surface area contributed by atoms with Crippen LogP contribution in [-0.4, -0.2) is 28.6 Å². The number of benzene rings is 2. The molecule has 3 aromatic rings. The fourth-order valence-corrected chi connectivity index (χ4v) is 2.31. The number of hydrogen-bond acceptors (Lipinski definition) is 3. The van der Waals surface area contributed by atoms with Gasteiger partial charge >= 0.3 is 0 Å². The van der Waals surface area contributed by atoms with Crippen LogP contribution in [0.15, 0.2) is 67.0 Å². The Morgan fingerprint density at radius 2 is 1.71 bits per heavy atom. The third kappa shape index (κ3) is 3.17. The third-order valence-corrected chi connectivity index (χ3v) is 3.55. The van der Waals surface area contributed by atoms with E-state index in [4.69, 9.17) is 0 Å². The van der Waals surface area contributed by atoms with Crippen LogP contribution in [0, 0.1) is 0 Å². The second-order valence-corrected chi connectivity index (χ2v) is 5.08. The number of anilines is 1. The molecule has 2 N–H and O–H groups in total. The Balaban J connectivity index is 1.80. The highest BCUT2D eigenvalue weighted by atomic mass is 16.2. The zero-order valence-corrected chi connectivity index (χ0v) is 13.1. The Bertz CT molecular complexity index is 855. The predicted molar refractivity (Wildman–Crippen MR) is 91.3 cm³/mol. The van der Waals surface area contributed by atoms with Crippen molar-refractivity contribution >= 4 is 17.5 Å². The van der Waals surface area contributed by atoms with Crippen molar-refractivity contribution in [2.24, 2.45) is 0 Å². The smallest absolute Gasteiger partial charge is 0.255 e. The number of carbonyl (C=O) groups is 2. The molecule has 0 aliphatic heterocycles. The van der Waals surface area contributed by atoms with Crippen molar-refractivity contribution < 1.29 is 9.59 Å². The van der Waals surface area contributed by atoms with Crippen LogP contribution in [0.5, 0.6) is 0 Å². The lowest BCUT2D eigenvalue weighted by atomic mass is 10.1. The normalized spacial score (nSPS) is 10.2. The van der Waals surface area contributed by atoms with Gasteiger partial charge in [-0.25, -0.2) is 4.68 Å². The molecule has 120 valence electrons. The molecule has 1 aromatic heterocycles. The number of carbonyl (C=O) groups excluding carboxylic acids is 2. The molecule has 6 nitrogen and oxygen atoms in total. The Morgan fingerprint density at radius 1 is 0.958 bits per heavy atom. The fraction of sp³-hybridized carbons (Fsp3) is 0.0556.